The van der Waals surface area contributed by atoms with Crippen LogP contribution in [-0.4, -0.2) is 29.0 Å². The van der Waals surface area contributed by atoms with Crippen LogP contribution < -0.4 is 0 Å². The van der Waals surface area contributed by atoms with Crippen molar-refractivity contribution in [3.8, 4) is 0 Å². The fourth-order valence-electron chi connectivity index (χ4n) is 0.914. The van der Waals surface area contributed by atoms with Crippen LogP contribution in [0.5, 0.6) is 0 Å². The van der Waals surface area contributed by atoms with Gasteiger partial charge in [-0.25, -0.2) is 0 Å². The summed E-state index contributed by atoms with van der Waals surface area (Å²) in [6.07, 6.45) is 3.40. The summed E-state index contributed by atoms with van der Waals surface area (Å²) in [5.41, 5.74) is 0. The number of hydrogen-bond donors (Lipinski definition) is 3. The van der Waals surface area contributed by atoms with E-state index in [1.165, 1.54) is 12.2 Å². The van der Waals surface area contributed by atoms with Crippen molar-refractivity contribution >= 4 is 10.1 Å². The molecular formula is C6H8O5S. The van der Waals surface area contributed by atoms with Crippen molar-refractivity contribution in [1.82, 2.24) is 0 Å². The van der Waals surface area contributed by atoms with Crippen LogP contribution in [0.25, 0.3) is 0 Å². The molecule has 68 valence electrons. The highest BCUT2D eigenvalue weighted by molar-refractivity contribution is 7.89. The van der Waals surface area contributed by atoms with Gasteiger partial charge in [0.1, 0.15) is 4.91 Å². The molecule has 6 heteroatoms. The van der Waals surface area contributed by atoms with Crippen molar-refractivity contribution in [2.45, 2.75) is 12.2 Å². The summed E-state index contributed by atoms with van der Waals surface area (Å²) in [7, 11) is -4.52. The first-order valence-corrected chi connectivity index (χ1v) is 4.57. The molecule has 0 aromatic heterocycles. The third-order valence-corrected chi connectivity index (χ3v) is 2.48. The minimum atomic E-state index is -4.52. The quantitative estimate of drug-likeness (QED) is 0.381. The van der Waals surface area contributed by atoms with Gasteiger partial charge in [-0.05, 0) is 6.08 Å². The van der Waals surface area contributed by atoms with E-state index in [0.717, 1.165) is 6.08 Å². The first kappa shape index (κ1) is 9.40. The molecule has 12 heavy (non-hydrogen) atoms. The Hall–Kier alpha value is -0.690. The minimum Gasteiger partial charge on any atom is -0.361 e. The van der Waals surface area contributed by atoms with Crippen molar-refractivity contribution < 1.29 is 23.2 Å². The van der Waals surface area contributed by atoms with E-state index in [1.54, 1.807) is 0 Å². The van der Waals surface area contributed by atoms with Crippen molar-refractivity contribution in [1.29, 1.82) is 0 Å². The summed E-state index contributed by atoms with van der Waals surface area (Å²) in [4.78, 5) is -0.794. The maximum absolute atomic E-state index is 10.5. The van der Waals surface area contributed by atoms with Crippen LogP contribution in [0.4, 0.5) is 0 Å². The van der Waals surface area contributed by atoms with Gasteiger partial charge in [0.05, 0.1) is 0 Å². The molecule has 0 saturated carbocycles. The summed E-state index contributed by atoms with van der Waals surface area (Å²) in [5, 5.41) is 18.1. The Labute approximate surface area is 69.4 Å². The second kappa shape index (κ2) is 2.67. The number of rotatable bonds is 1. The minimum absolute atomic E-state index is 0.251. The molecule has 0 aromatic carbocycles. The fourth-order valence-corrected chi connectivity index (χ4v) is 1.66. The van der Waals surface area contributed by atoms with E-state index < -0.39 is 20.8 Å². The second-order valence-electron chi connectivity index (χ2n) is 2.45. The van der Waals surface area contributed by atoms with Gasteiger partial charge in [0.15, 0.2) is 0 Å². The Morgan fingerprint density at radius 1 is 1.42 bits per heavy atom. The van der Waals surface area contributed by atoms with Gasteiger partial charge < -0.3 is 10.2 Å². The zero-order chi connectivity index (χ0) is 9.41. The van der Waals surface area contributed by atoms with Crippen molar-refractivity contribution in [3.05, 3.63) is 23.1 Å². The Balaban J connectivity index is 3.19. The van der Waals surface area contributed by atoms with Crippen molar-refractivity contribution in [2.75, 3.05) is 0 Å². The van der Waals surface area contributed by atoms with Gasteiger partial charge in [-0.15, -0.1) is 0 Å². The molecule has 0 spiro atoms. The predicted octanol–water partition coefficient (Wildman–Crippen LogP) is -0.601. The van der Waals surface area contributed by atoms with Gasteiger partial charge in [-0.3, -0.25) is 4.55 Å². The van der Waals surface area contributed by atoms with Crippen LogP contribution in [0.2, 0.25) is 0 Å². The predicted molar refractivity (Wildman–Crippen MR) is 40.6 cm³/mol. The van der Waals surface area contributed by atoms with Crippen LogP contribution in [0.3, 0.4) is 0 Å². The van der Waals surface area contributed by atoms with Gasteiger partial charge in [0, 0.05) is 6.42 Å². The van der Waals surface area contributed by atoms with E-state index in [1.807, 2.05) is 0 Å². The highest BCUT2D eigenvalue weighted by atomic mass is 32.2. The standard InChI is InChI=1S/C6H8O5S/c7-6(8)4-2-1-3-5(6)12(9,10)11/h1-3,7-8H,4H2,(H,9,10,11). The van der Waals surface area contributed by atoms with E-state index >= 15 is 0 Å². The van der Waals surface area contributed by atoms with Crippen LogP contribution in [0.1, 0.15) is 6.42 Å². The second-order valence-corrected chi connectivity index (χ2v) is 3.84. The van der Waals surface area contributed by atoms with Crippen LogP contribution in [0.15, 0.2) is 23.1 Å². The van der Waals surface area contributed by atoms with Gasteiger partial charge in [-0.2, -0.15) is 8.42 Å². The SMILES string of the molecule is O=S(=O)(O)C1=CC=CCC1(O)O. The third kappa shape index (κ3) is 1.72. The summed E-state index contributed by atoms with van der Waals surface area (Å²) < 4.78 is 29.6. The summed E-state index contributed by atoms with van der Waals surface area (Å²) in [5.74, 6) is -2.48. The highest BCUT2D eigenvalue weighted by Crippen LogP contribution is 2.26. The number of allylic oxidation sites excluding steroid dienone is 2. The molecule has 0 radical (unpaired) electrons. The number of aliphatic hydroxyl groups is 2. The molecule has 0 fully saturated rings. The molecule has 0 unspecified atom stereocenters. The van der Waals surface area contributed by atoms with Crippen molar-refractivity contribution in [3.63, 3.8) is 0 Å². The van der Waals surface area contributed by atoms with Crippen molar-refractivity contribution in [2.24, 2.45) is 0 Å². The third-order valence-electron chi connectivity index (χ3n) is 1.46. The summed E-state index contributed by atoms with van der Waals surface area (Å²) in [6.45, 7) is 0. The van der Waals surface area contributed by atoms with Gasteiger partial charge in [0.2, 0.25) is 5.79 Å². The van der Waals surface area contributed by atoms with Crippen LogP contribution in [-0.2, 0) is 10.1 Å². The lowest BCUT2D eigenvalue weighted by Gasteiger charge is -2.23. The summed E-state index contributed by atoms with van der Waals surface area (Å²) >= 11 is 0. The first-order chi connectivity index (χ1) is 5.34. The van der Waals surface area contributed by atoms with Crippen LogP contribution in [0, 0.1) is 0 Å². The molecule has 0 aromatic rings. The Bertz CT molecular complexity index is 335. The average molecular weight is 192 g/mol. The zero-order valence-corrected chi connectivity index (χ0v) is 6.82. The average Bonchev–Trinajstić information content (AvgIpc) is 1.83. The molecular weight excluding hydrogens is 184 g/mol. The zero-order valence-electron chi connectivity index (χ0n) is 6.01. The lowest BCUT2D eigenvalue weighted by atomic mass is 10.1. The van der Waals surface area contributed by atoms with E-state index in [2.05, 4.69) is 0 Å². The maximum atomic E-state index is 10.5. The first-order valence-electron chi connectivity index (χ1n) is 3.13. The molecule has 0 atom stereocenters. The molecule has 0 bridgehead atoms. The maximum Gasteiger partial charge on any atom is 0.296 e. The monoisotopic (exact) mass is 192 g/mol. The lowest BCUT2D eigenvalue weighted by molar-refractivity contribution is -0.119. The molecule has 0 heterocycles. The topological polar surface area (TPSA) is 94.8 Å². The normalized spacial score (nSPS) is 22.1. The van der Waals surface area contributed by atoms with Gasteiger partial charge in [-0.1, -0.05) is 12.2 Å². The van der Waals surface area contributed by atoms with E-state index in [4.69, 9.17) is 14.8 Å². The molecule has 1 aliphatic carbocycles. The molecule has 3 N–H and O–H groups in total. The van der Waals surface area contributed by atoms with Crippen LogP contribution >= 0.6 is 0 Å². The largest absolute Gasteiger partial charge is 0.361 e. The van der Waals surface area contributed by atoms with Gasteiger partial charge >= 0.3 is 0 Å². The van der Waals surface area contributed by atoms with E-state index in [9.17, 15) is 8.42 Å². The lowest BCUT2D eigenvalue weighted by Crippen LogP contribution is -2.35. The van der Waals surface area contributed by atoms with Gasteiger partial charge in [0.25, 0.3) is 10.1 Å². The van der Waals surface area contributed by atoms with E-state index in [0.29, 0.717) is 0 Å². The smallest absolute Gasteiger partial charge is 0.296 e. The molecule has 1 aliphatic rings. The Morgan fingerprint density at radius 2 is 2.00 bits per heavy atom. The molecule has 0 amide bonds. The fraction of sp³-hybridized carbons (Fsp3) is 0.333. The molecule has 0 saturated heterocycles. The number of hydrogen-bond acceptors (Lipinski definition) is 4. The highest BCUT2D eigenvalue weighted by Gasteiger charge is 2.36. The summed E-state index contributed by atoms with van der Waals surface area (Å²) in [6, 6.07) is 0. The Kier molecular flexibility index (Phi) is 2.09. The molecule has 1 rings (SSSR count). The Morgan fingerprint density at radius 3 is 2.33 bits per heavy atom. The molecule has 0 aliphatic heterocycles. The molecule has 5 nitrogen and oxygen atoms in total. The van der Waals surface area contributed by atoms with E-state index in [-0.39, 0.29) is 6.42 Å².